The molecule has 0 bridgehead atoms. The Labute approximate surface area is 169 Å². The van der Waals surface area contributed by atoms with Crippen molar-refractivity contribution in [1.82, 2.24) is 15.5 Å². The Kier molecular flexibility index (Phi) is 8.49. The van der Waals surface area contributed by atoms with Crippen LogP contribution in [-0.4, -0.2) is 49.6 Å². The quantitative estimate of drug-likeness (QED) is 0.298. The first-order chi connectivity index (χ1) is 11.8. The van der Waals surface area contributed by atoms with E-state index >= 15 is 0 Å². The lowest BCUT2D eigenvalue weighted by molar-refractivity contribution is 0.159. The highest BCUT2D eigenvalue weighted by Gasteiger charge is 2.38. The number of piperidine rings is 1. The van der Waals surface area contributed by atoms with E-state index in [2.05, 4.69) is 57.8 Å². The van der Waals surface area contributed by atoms with Crippen molar-refractivity contribution in [3.63, 3.8) is 0 Å². The third kappa shape index (κ3) is 6.13. The van der Waals surface area contributed by atoms with Crippen LogP contribution in [0.1, 0.15) is 50.5 Å². The molecule has 1 saturated carbocycles. The van der Waals surface area contributed by atoms with Gasteiger partial charge in [-0.05, 0) is 44.7 Å². The molecule has 1 heterocycles. The second-order valence-corrected chi connectivity index (χ2v) is 7.24. The molecule has 1 aliphatic carbocycles. The van der Waals surface area contributed by atoms with E-state index in [0.717, 1.165) is 18.5 Å². The SMILES string of the molecule is CN=C(NCCCN1CCCCC1C)NC1CC1c1ccccc1.I. The molecule has 1 aromatic rings. The monoisotopic (exact) mass is 456 g/mol. The molecule has 2 aliphatic rings. The van der Waals surface area contributed by atoms with E-state index in [9.17, 15) is 0 Å². The van der Waals surface area contributed by atoms with Gasteiger partial charge < -0.3 is 15.5 Å². The van der Waals surface area contributed by atoms with Crippen LogP contribution in [0.2, 0.25) is 0 Å². The molecule has 2 N–H and O–H groups in total. The van der Waals surface area contributed by atoms with E-state index in [-0.39, 0.29) is 24.0 Å². The maximum Gasteiger partial charge on any atom is 0.191 e. The molecule has 3 rings (SSSR count). The average molecular weight is 456 g/mol. The van der Waals surface area contributed by atoms with Gasteiger partial charge in [0, 0.05) is 38.1 Å². The minimum Gasteiger partial charge on any atom is -0.356 e. The second-order valence-electron chi connectivity index (χ2n) is 7.24. The molecule has 0 spiro atoms. The first-order valence-corrected chi connectivity index (χ1v) is 9.54. The molecule has 5 heteroatoms. The van der Waals surface area contributed by atoms with Gasteiger partial charge in [-0.2, -0.15) is 0 Å². The summed E-state index contributed by atoms with van der Waals surface area (Å²) in [6.07, 6.45) is 6.51. The van der Waals surface area contributed by atoms with E-state index in [1.807, 2.05) is 7.05 Å². The van der Waals surface area contributed by atoms with E-state index in [1.54, 1.807) is 0 Å². The fourth-order valence-corrected chi connectivity index (χ4v) is 3.77. The number of halogens is 1. The number of hydrogen-bond donors (Lipinski definition) is 2. The predicted octanol–water partition coefficient (Wildman–Crippen LogP) is 3.59. The van der Waals surface area contributed by atoms with Crippen LogP contribution in [0, 0.1) is 0 Å². The zero-order valence-electron chi connectivity index (χ0n) is 15.6. The number of likely N-dealkylation sites (tertiary alicyclic amines) is 1. The molecule has 140 valence electrons. The lowest BCUT2D eigenvalue weighted by Gasteiger charge is -2.33. The molecule has 1 aliphatic heterocycles. The molecule has 0 radical (unpaired) electrons. The third-order valence-corrected chi connectivity index (χ3v) is 5.42. The first-order valence-electron chi connectivity index (χ1n) is 9.54. The van der Waals surface area contributed by atoms with Gasteiger partial charge in [-0.3, -0.25) is 4.99 Å². The largest absolute Gasteiger partial charge is 0.356 e. The van der Waals surface area contributed by atoms with E-state index in [4.69, 9.17) is 0 Å². The minimum absolute atomic E-state index is 0. The second kappa shape index (κ2) is 10.4. The summed E-state index contributed by atoms with van der Waals surface area (Å²) in [5, 5.41) is 7.04. The van der Waals surface area contributed by atoms with Crippen molar-refractivity contribution in [2.75, 3.05) is 26.7 Å². The molecule has 1 saturated heterocycles. The number of nitrogens with one attached hydrogen (secondary N) is 2. The maximum atomic E-state index is 4.38. The van der Waals surface area contributed by atoms with Gasteiger partial charge in [0.15, 0.2) is 5.96 Å². The Bertz CT molecular complexity index is 534. The Morgan fingerprint density at radius 3 is 2.76 bits per heavy atom. The Morgan fingerprint density at radius 2 is 2.04 bits per heavy atom. The summed E-state index contributed by atoms with van der Waals surface area (Å²) in [6, 6.07) is 12.1. The molecule has 3 atom stereocenters. The van der Waals surface area contributed by atoms with Crippen molar-refractivity contribution in [2.45, 2.75) is 57.0 Å². The van der Waals surface area contributed by atoms with Crippen LogP contribution in [0.15, 0.2) is 35.3 Å². The van der Waals surface area contributed by atoms with Crippen LogP contribution in [-0.2, 0) is 0 Å². The third-order valence-electron chi connectivity index (χ3n) is 5.42. The Morgan fingerprint density at radius 1 is 1.24 bits per heavy atom. The molecule has 1 aromatic carbocycles. The zero-order valence-corrected chi connectivity index (χ0v) is 17.9. The molecule has 3 unspecified atom stereocenters. The van der Waals surface area contributed by atoms with Crippen molar-refractivity contribution >= 4 is 29.9 Å². The Hall–Kier alpha value is -0.820. The Balaban J connectivity index is 0.00000225. The predicted molar refractivity (Wildman–Crippen MR) is 117 cm³/mol. The first kappa shape index (κ1) is 20.5. The molecule has 0 aromatic heterocycles. The summed E-state index contributed by atoms with van der Waals surface area (Å²) in [4.78, 5) is 7.01. The highest BCUT2D eigenvalue weighted by molar-refractivity contribution is 14.0. The molecule has 0 amide bonds. The topological polar surface area (TPSA) is 39.7 Å². The normalized spacial score (nSPS) is 26.6. The molecule has 25 heavy (non-hydrogen) atoms. The van der Waals surface area contributed by atoms with Gasteiger partial charge in [-0.15, -0.1) is 24.0 Å². The molecular weight excluding hydrogens is 423 g/mol. The summed E-state index contributed by atoms with van der Waals surface area (Å²) in [5.74, 6) is 1.59. The van der Waals surface area contributed by atoms with E-state index < -0.39 is 0 Å². The number of aliphatic imine (C=N–C) groups is 1. The number of hydrogen-bond acceptors (Lipinski definition) is 2. The summed E-state index contributed by atoms with van der Waals surface area (Å²) in [5.41, 5.74) is 1.43. The standard InChI is InChI=1S/C20H32N4.HI/c1-16-9-6-7-13-24(16)14-8-12-22-20(21-2)23-19-15-18(19)17-10-4-3-5-11-17;/h3-5,10-11,16,18-19H,6-9,12-15H2,1-2H3,(H2,21,22,23);1H. The van der Waals surface area contributed by atoms with Gasteiger partial charge in [0.25, 0.3) is 0 Å². The molecular formula is C20H33IN4. The number of nitrogens with zero attached hydrogens (tertiary/aromatic N) is 2. The average Bonchev–Trinajstić information content (AvgIpc) is 3.39. The van der Waals surface area contributed by atoms with Gasteiger partial charge in [0.05, 0.1) is 0 Å². The van der Waals surface area contributed by atoms with Crippen molar-refractivity contribution in [3.05, 3.63) is 35.9 Å². The van der Waals surface area contributed by atoms with Crippen molar-refractivity contribution in [1.29, 1.82) is 0 Å². The molecule has 2 fully saturated rings. The van der Waals surface area contributed by atoms with E-state index in [0.29, 0.717) is 12.0 Å². The maximum absolute atomic E-state index is 4.38. The van der Waals surface area contributed by atoms with Crippen LogP contribution in [0.4, 0.5) is 0 Å². The van der Waals surface area contributed by atoms with Gasteiger partial charge in [-0.25, -0.2) is 0 Å². The van der Waals surface area contributed by atoms with Gasteiger partial charge >= 0.3 is 0 Å². The van der Waals surface area contributed by atoms with Gasteiger partial charge in [0.1, 0.15) is 0 Å². The summed E-state index contributed by atoms with van der Waals surface area (Å²) in [6.45, 7) is 5.83. The minimum atomic E-state index is 0. The van der Waals surface area contributed by atoms with Crippen molar-refractivity contribution in [3.8, 4) is 0 Å². The number of rotatable bonds is 6. The van der Waals surface area contributed by atoms with Crippen molar-refractivity contribution in [2.24, 2.45) is 4.99 Å². The zero-order chi connectivity index (χ0) is 16.8. The summed E-state index contributed by atoms with van der Waals surface area (Å²) in [7, 11) is 1.86. The summed E-state index contributed by atoms with van der Waals surface area (Å²) >= 11 is 0. The van der Waals surface area contributed by atoms with Crippen molar-refractivity contribution < 1.29 is 0 Å². The van der Waals surface area contributed by atoms with Gasteiger partial charge in [0.2, 0.25) is 0 Å². The number of benzene rings is 1. The summed E-state index contributed by atoms with van der Waals surface area (Å²) < 4.78 is 0. The highest BCUT2D eigenvalue weighted by Crippen LogP contribution is 2.40. The van der Waals surface area contributed by atoms with Crippen LogP contribution < -0.4 is 10.6 Å². The van der Waals surface area contributed by atoms with Gasteiger partial charge in [-0.1, -0.05) is 36.8 Å². The van der Waals surface area contributed by atoms with Crippen LogP contribution in [0.5, 0.6) is 0 Å². The fraction of sp³-hybridized carbons (Fsp3) is 0.650. The smallest absolute Gasteiger partial charge is 0.191 e. The fourth-order valence-electron chi connectivity index (χ4n) is 3.77. The van der Waals surface area contributed by atoms with E-state index in [1.165, 1.54) is 50.8 Å². The lowest BCUT2D eigenvalue weighted by atomic mass is 10.0. The van der Waals surface area contributed by atoms with Crippen LogP contribution in [0.3, 0.4) is 0 Å². The number of guanidine groups is 1. The molecule has 4 nitrogen and oxygen atoms in total. The van der Waals surface area contributed by atoms with Crippen LogP contribution >= 0.6 is 24.0 Å². The lowest BCUT2D eigenvalue weighted by Crippen LogP contribution is -2.42. The van der Waals surface area contributed by atoms with Crippen LogP contribution in [0.25, 0.3) is 0 Å². The highest BCUT2D eigenvalue weighted by atomic mass is 127.